The molecule has 0 bridgehead atoms. The van der Waals surface area contributed by atoms with Crippen LogP contribution in [0, 0.1) is 19.8 Å². The van der Waals surface area contributed by atoms with E-state index in [9.17, 15) is 4.79 Å². The Bertz CT molecular complexity index is 943. The van der Waals surface area contributed by atoms with E-state index in [-0.39, 0.29) is 18.1 Å². The third-order valence-corrected chi connectivity index (χ3v) is 6.26. The number of rotatable bonds is 6. The zero-order chi connectivity index (χ0) is 22.1. The highest BCUT2D eigenvalue weighted by atomic mass is 35.5. The van der Waals surface area contributed by atoms with Crippen LogP contribution in [0.5, 0.6) is 0 Å². The molecule has 2 aromatic rings. The van der Waals surface area contributed by atoms with Gasteiger partial charge >= 0.3 is 0 Å². The lowest BCUT2D eigenvalue weighted by Crippen LogP contribution is -2.45. The molecule has 1 aliphatic carbocycles. The maximum Gasteiger partial charge on any atom is 0.220 e. The number of anilines is 1. The Morgan fingerprint density at radius 1 is 1.13 bits per heavy atom. The molecule has 1 aliphatic heterocycles. The number of benzene rings is 1. The van der Waals surface area contributed by atoms with Gasteiger partial charge in [0.15, 0.2) is 0 Å². The second-order valence-corrected chi connectivity index (χ2v) is 9.59. The minimum atomic E-state index is 0.116. The van der Waals surface area contributed by atoms with Crippen molar-refractivity contribution in [2.75, 3.05) is 18.0 Å². The number of nitrogens with one attached hydrogen (secondary N) is 1. The van der Waals surface area contributed by atoms with Crippen LogP contribution in [0.3, 0.4) is 0 Å². The Kier molecular flexibility index (Phi) is 6.54. The molecule has 1 aromatic carbocycles. The average Bonchev–Trinajstić information content (AvgIpc) is 3.48. The van der Waals surface area contributed by atoms with E-state index in [1.807, 2.05) is 19.9 Å². The zero-order valence-corrected chi connectivity index (χ0v) is 19.6. The van der Waals surface area contributed by atoms with Crippen molar-refractivity contribution < 1.29 is 9.53 Å². The van der Waals surface area contributed by atoms with Gasteiger partial charge in [0.25, 0.3) is 0 Å². The fraction of sp³-hybridized carbons (Fsp3) is 0.520. The van der Waals surface area contributed by atoms with Crippen LogP contribution in [0.1, 0.15) is 50.1 Å². The van der Waals surface area contributed by atoms with Crippen LogP contribution in [0.25, 0.3) is 11.1 Å². The van der Waals surface area contributed by atoms with Gasteiger partial charge in [-0.25, -0.2) is 0 Å². The molecule has 31 heavy (non-hydrogen) atoms. The van der Waals surface area contributed by atoms with Crippen molar-refractivity contribution in [3.05, 3.63) is 46.2 Å². The molecule has 1 amide bonds. The molecule has 2 heterocycles. The van der Waals surface area contributed by atoms with E-state index >= 15 is 0 Å². The standard InChI is InChI=1S/C25H32ClN3O2/c1-15-7-20(8-16(2)28-15)25-21(12-27-24(30)9-19-5-6-19)10-22(11-23(25)26)29-13-17(3)31-18(4)14-29/h7-8,10-11,17-19H,5-6,9,12-14H2,1-4H3,(H,27,30). The van der Waals surface area contributed by atoms with E-state index in [1.54, 1.807) is 0 Å². The van der Waals surface area contributed by atoms with Crippen molar-refractivity contribution in [1.29, 1.82) is 0 Å². The molecule has 6 heteroatoms. The minimum Gasteiger partial charge on any atom is -0.372 e. The van der Waals surface area contributed by atoms with Crippen molar-refractivity contribution in [3.8, 4) is 11.1 Å². The summed E-state index contributed by atoms with van der Waals surface area (Å²) in [5, 5.41) is 3.82. The van der Waals surface area contributed by atoms with Gasteiger partial charge in [0.1, 0.15) is 0 Å². The normalized spacial score (nSPS) is 21.3. The first kappa shape index (κ1) is 22.1. The maximum absolute atomic E-state index is 12.4. The van der Waals surface area contributed by atoms with E-state index in [2.05, 4.69) is 47.2 Å². The van der Waals surface area contributed by atoms with Crippen molar-refractivity contribution >= 4 is 23.2 Å². The number of aromatic nitrogens is 1. The van der Waals surface area contributed by atoms with E-state index < -0.39 is 0 Å². The van der Waals surface area contributed by atoms with Gasteiger partial charge in [-0.05, 0) is 81.8 Å². The molecular formula is C25H32ClN3O2. The van der Waals surface area contributed by atoms with Crippen molar-refractivity contribution in [3.63, 3.8) is 0 Å². The maximum atomic E-state index is 12.4. The lowest BCUT2D eigenvalue weighted by atomic mass is 9.97. The summed E-state index contributed by atoms with van der Waals surface area (Å²) in [6.45, 7) is 10.3. The third-order valence-electron chi connectivity index (χ3n) is 5.96. The number of hydrogen-bond acceptors (Lipinski definition) is 4. The Labute approximate surface area is 190 Å². The van der Waals surface area contributed by atoms with Gasteiger partial charge in [-0.15, -0.1) is 0 Å². The molecule has 1 saturated carbocycles. The first-order valence-electron chi connectivity index (χ1n) is 11.2. The van der Waals surface area contributed by atoms with Crippen LogP contribution >= 0.6 is 11.6 Å². The van der Waals surface area contributed by atoms with Crippen molar-refractivity contribution in [1.82, 2.24) is 10.3 Å². The molecule has 0 radical (unpaired) electrons. The number of amides is 1. The number of morpholine rings is 1. The average molecular weight is 442 g/mol. The van der Waals surface area contributed by atoms with Gasteiger partial charge in [0, 0.05) is 48.7 Å². The first-order valence-corrected chi connectivity index (χ1v) is 11.6. The highest BCUT2D eigenvalue weighted by Crippen LogP contribution is 2.37. The van der Waals surface area contributed by atoms with Crippen LogP contribution < -0.4 is 10.2 Å². The fourth-order valence-electron chi connectivity index (χ4n) is 4.51. The highest BCUT2D eigenvalue weighted by molar-refractivity contribution is 6.33. The molecule has 2 unspecified atom stereocenters. The monoisotopic (exact) mass is 441 g/mol. The molecule has 2 fully saturated rings. The Balaban J connectivity index is 1.69. The van der Waals surface area contributed by atoms with Crippen molar-refractivity contribution in [2.45, 2.75) is 65.7 Å². The second kappa shape index (κ2) is 9.17. The minimum absolute atomic E-state index is 0.116. The number of carbonyl (C=O) groups excluding carboxylic acids is 1. The van der Waals surface area contributed by atoms with Gasteiger partial charge in [-0.3, -0.25) is 9.78 Å². The number of aryl methyl sites for hydroxylation is 2. The van der Waals surface area contributed by atoms with E-state index in [1.165, 1.54) is 12.8 Å². The van der Waals surface area contributed by atoms with Crippen molar-refractivity contribution in [2.24, 2.45) is 5.92 Å². The highest BCUT2D eigenvalue weighted by Gasteiger charge is 2.26. The topological polar surface area (TPSA) is 54.5 Å². The van der Waals surface area contributed by atoms with E-state index in [0.29, 0.717) is 23.9 Å². The molecule has 0 spiro atoms. The summed E-state index contributed by atoms with van der Waals surface area (Å²) in [5.41, 5.74) is 6.02. The van der Waals surface area contributed by atoms with Gasteiger partial charge in [-0.1, -0.05) is 11.6 Å². The summed E-state index contributed by atoms with van der Waals surface area (Å²) in [4.78, 5) is 19.2. The first-order chi connectivity index (χ1) is 14.8. The van der Waals surface area contributed by atoms with E-state index in [4.69, 9.17) is 16.3 Å². The lowest BCUT2D eigenvalue weighted by Gasteiger charge is -2.37. The molecule has 5 nitrogen and oxygen atoms in total. The molecule has 1 saturated heterocycles. The molecule has 1 aromatic heterocycles. The fourth-order valence-corrected chi connectivity index (χ4v) is 4.85. The summed E-state index contributed by atoms with van der Waals surface area (Å²) >= 11 is 6.88. The smallest absolute Gasteiger partial charge is 0.220 e. The van der Waals surface area contributed by atoms with Crippen LogP contribution in [-0.2, 0) is 16.1 Å². The SMILES string of the molecule is Cc1cc(-c2c(Cl)cc(N3CC(C)OC(C)C3)cc2CNC(=O)CC2CC2)cc(C)n1. The van der Waals surface area contributed by atoms with Crippen LogP contribution in [0.2, 0.25) is 5.02 Å². The Morgan fingerprint density at radius 3 is 2.39 bits per heavy atom. The number of ether oxygens (including phenoxy) is 1. The molecule has 2 atom stereocenters. The molecule has 166 valence electrons. The quantitative estimate of drug-likeness (QED) is 0.681. The van der Waals surface area contributed by atoms with Gasteiger partial charge < -0.3 is 15.0 Å². The van der Waals surface area contributed by atoms with E-state index in [0.717, 1.165) is 46.9 Å². The predicted molar refractivity (Wildman–Crippen MR) is 126 cm³/mol. The number of pyridine rings is 1. The number of hydrogen-bond donors (Lipinski definition) is 1. The third kappa shape index (κ3) is 5.58. The summed E-state index contributed by atoms with van der Waals surface area (Å²) in [7, 11) is 0. The number of carbonyl (C=O) groups is 1. The van der Waals surface area contributed by atoms with Gasteiger partial charge in [0.05, 0.1) is 17.2 Å². The zero-order valence-electron chi connectivity index (χ0n) is 18.9. The largest absolute Gasteiger partial charge is 0.372 e. The molecule has 4 rings (SSSR count). The summed E-state index contributed by atoms with van der Waals surface area (Å²) < 4.78 is 5.90. The molecular weight excluding hydrogens is 410 g/mol. The van der Waals surface area contributed by atoms with Gasteiger partial charge in [0.2, 0.25) is 5.91 Å². The summed E-state index contributed by atoms with van der Waals surface area (Å²) in [6.07, 6.45) is 3.28. The van der Waals surface area contributed by atoms with Crippen LogP contribution in [0.15, 0.2) is 24.3 Å². The predicted octanol–water partition coefficient (Wildman–Crippen LogP) is 5.05. The number of halogens is 1. The lowest BCUT2D eigenvalue weighted by molar-refractivity contribution is -0.121. The second-order valence-electron chi connectivity index (χ2n) is 9.19. The Morgan fingerprint density at radius 2 is 1.77 bits per heavy atom. The Hall–Kier alpha value is -2.11. The van der Waals surface area contributed by atoms with Gasteiger partial charge in [-0.2, -0.15) is 0 Å². The summed E-state index contributed by atoms with van der Waals surface area (Å²) in [6, 6.07) is 8.33. The summed E-state index contributed by atoms with van der Waals surface area (Å²) in [5.74, 6) is 0.682. The molecule has 2 aliphatic rings. The number of nitrogens with zero attached hydrogens (tertiary/aromatic N) is 2. The van der Waals surface area contributed by atoms with Crippen LogP contribution in [0.4, 0.5) is 5.69 Å². The van der Waals surface area contributed by atoms with Crippen LogP contribution in [-0.4, -0.2) is 36.2 Å². The molecule has 1 N–H and O–H groups in total.